The highest BCUT2D eigenvalue weighted by molar-refractivity contribution is 5.94. The molecular weight excluding hydrogens is 327 g/mol. The van der Waals surface area contributed by atoms with E-state index in [9.17, 15) is 19.3 Å². The molecule has 1 aliphatic heterocycles. The fourth-order valence-corrected chi connectivity index (χ4v) is 2.95. The molecule has 0 atom stereocenters. The van der Waals surface area contributed by atoms with E-state index in [2.05, 4.69) is 4.90 Å². The normalized spacial score (nSPS) is 14.4. The SMILES string of the molecule is NC(=O)c1ccc(N2CCN(c3ccc(F)cc3)CC2)c([N+](=O)[O-])c1. The van der Waals surface area contributed by atoms with Crippen LogP contribution in [0.4, 0.5) is 21.5 Å². The van der Waals surface area contributed by atoms with E-state index in [0.717, 1.165) is 5.69 Å². The van der Waals surface area contributed by atoms with Crippen LogP contribution in [0.3, 0.4) is 0 Å². The van der Waals surface area contributed by atoms with Crippen molar-refractivity contribution >= 4 is 23.0 Å². The van der Waals surface area contributed by atoms with Crippen LogP contribution in [0, 0.1) is 15.9 Å². The van der Waals surface area contributed by atoms with Gasteiger partial charge in [0.15, 0.2) is 0 Å². The lowest BCUT2D eigenvalue weighted by Gasteiger charge is -2.37. The second-order valence-corrected chi connectivity index (χ2v) is 5.78. The van der Waals surface area contributed by atoms with Crippen molar-refractivity contribution in [2.75, 3.05) is 36.0 Å². The average molecular weight is 344 g/mol. The van der Waals surface area contributed by atoms with E-state index >= 15 is 0 Å². The minimum absolute atomic E-state index is 0.111. The van der Waals surface area contributed by atoms with Crippen molar-refractivity contribution < 1.29 is 14.1 Å². The van der Waals surface area contributed by atoms with Crippen molar-refractivity contribution in [3.8, 4) is 0 Å². The Labute approximate surface area is 143 Å². The first-order valence-corrected chi connectivity index (χ1v) is 7.79. The summed E-state index contributed by atoms with van der Waals surface area (Å²) >= 11 is 0. The first-order valence-electron chi connectivity index (χ1n) is 7.79. The van der Waals surface area contributed by atoms with Crippen molar-refractivity contribution in [1.82, 2.24) is 0 Å². The molecule has 1 amide bonds. The molecule has 0 bridgehead atoms. The summed E-state index contributed by atoms with van der Waals surface area (Å²) < 4.78 is 13.0. The second kappa shape index (κ2) is 6.76. The van der Waals surface area contributed by atoms with Gasteiger partial charge in [0.2, 0.25) is 5.91 Å². The molecule has 130 valence electrons. The Hall–Kier alpha value is -3.16. The zero-order chi connectivity index (χ0) is 18.0. The minimum Gasteiger partial charge on any atom is -0.368 e. The van der Waals surface area contributed by atoms with Crippen molar-refractivity contribution in [1.29, 1.82) is 0 Å². The fraction of sp³-hybridized carbons (Fsp3) is 0.235. The van der Waals surface area contributed by atoms with Crippen LogP contribution >= 0.6 is 0 Å². The zero-order valence-electron chi connectivity index (χ0n) is 13.4. The summed E-state index contributed by atoms with van der Waals surface area (Å²) in [6.07, 6.45) is 0. The van der Waals surface area contributed by atoms with Crippen molar-refractivity contribution in [3.63, 3.8) is 0 Å². The van der Waals surface area contributed by atoms with E-state index in [-0.39, 0.29) is 17.1 Å². The summed E-state index contributed by atoms with van der Waals surface area (Å²) in [6.45, 7) is 2.46. The van der Waals surface area contributed by atoms with E-state index in [0.29, 0.717) is 31.9 Å². The molecular formula is C17H17FN4O3. The van der Waals surface area contributed by atoms with Crippen molar-refractivity contribution in [2.45, 2.75) is 0 Å². The summed E-state index contributed by atoms with van der Waals surface area (Å²) in [4.78, 5) is 26.1. The van der Waals surface area contributed by atoms with Gasteiger partial charge in [-0.3, -0.25) is 14.9 Å². The number of rotatable bonds is 4. The number of piperazine rings is 1. The molecule has 2 N–H and O–H groups in total. The molecule has 2 aromatic rings. The van der Waals surface area contributed by atoms with Crippen molar-refractivity contribution in [2.24, 2.45) is 5.73 Å². The Balaban J connectivity index is 1.77. The maximum atomic E-state index is 13.0. The summed E-state index contributed by atoms with van der Waals surface area (Å²) in [5, 5.41) is 11.3. The zero-order valence-corrected chi connectivity index (χ0v) is 13.4. The van der Waals surface area contributed by atoms with Gasteiger partial charge in [0, 0.05) is 43.5 Å². The number of nitro benzene ring substituents is 1. The van der Waals surface area contributed by atoms with Gasteiger partial charge in [-0.15, -0.1) is 0 Å². The van der Waals surface area contributed by atoms with Crippen molar-refractivity contribution in [3.05, 3.63) is 64.0 Å². The van der Waals surface area contributed by atoms with Crippen LogP contribution in [0.15, 0.2) is 42.5 Å². The van der Waals surface area contributed by atoms with Crippen LogP contribution < -0.4 is 15.5 Å². The summed E-state index contributed by atoms with van der Waals surface area (Å²) in [5.74, 6) is -0.983. The molecule has 1 heterocycles. The number of nitro groups is 1. The molecule has 1 aliphatic rings. The number of amides is 1. The van der Waals surface area contributed by atoms with Crippen LogP contribution in [0.5, 0.6) is 0 Å². The van der Waals surface area contributed by atoms with E-state index in [1.807, 2.05) is 4.90 Å². The quantitative estimate of drug-likeness (QED) is 0.678. The van der Waals surface area contributed by atoms with Gasteiger partial charge in [-0.05, 0) is 36.4 Å². The van der Waals surface area contributed by atoms with Gasteiger partial charge in [0.25, 0.3) is 5.69 Å². The van der Waals surface area contributed by atoms with E-state index in [1.165, 1.54) is 24.3 Å². The van der Waals surface area contributed by atoms with Crippen LogP contribution in [0.1, 0.15) is 10.4 Å². The maximum absolute atomic E-state index is 13.0. The number of benzene rings is 2. The lowest BCUT2D eigenvalue weighted by molar-refractivity contribution is -0.384. The second-order valence-electron chi connectivity index (χ2n) is 5.78. The Morgan fingerprint density at radius 2 is 1.64 bits per heavy atom. The highest BCUT2D eigenvalue weighted by atomic mass is 19.1. The molecule has 0 aliphatic carbocycles. The third-order valence-electron chi connectivity index (χ3n) is 4.27. The molecule has 0 radical (unpaired) electrons. The lowest BCUT2D eigenvalue weighted by Crippen LogP contribution is -2.46. The number of carbonyl (C=O) groups excluding carboxylic acids is 1. The van der Waals surface area contributed by atoms with E-state index < -0.39 is 10.8 Å². The number of carbonyl (C=O) groups is 1. The van der Waals surface area contributed by atoms with Crippen LogP contribution in [0.2, 0.25) is 0 Å². The van der Waals surface area contributed by atoms with Crippen LogP contribution in [-0.2, 0) is 0 Å². The molecule has 1 fully saturated rings. The maximum Gasteiger partial charge on any atom is 0.293 e. The first-order chi connectivity index (χ1) is 12.0. The summed E-state index contributed by atoms with van der Waals surface area (Å²) in [5.41, 5.74) is 6.56. The predicted octanol–water partition coefficient (Wildman–Crippen LogP) is 2.16. The number of nitrogens with two attached hydrogens (primary N) is 1. The smallest absolute Gasteiger partial charge is 0.293 e. The molecule has 0 unspecified atom stereocenters. The molecule has 7 nitrogen and oxygen atoms in total. The van der Waals surface area contributed by atoms with Gasteiger partial charge < -0.3 is 15.5 Å². The Bertz CT molecular complexity index is 802. The number of anilines is 2. The fourth-order valence-electron chi connectivity index (χ4n) is 2.95. The molecule has 0 saturated carbocycles. The van der Waals surface area contributed by atoms with Gasteiger partial charge in [-0.2, -0.15) is 0 Å². The molecule has 3 rings (SSSR count). The average Bonchev–Trinajstić information content (AvgIpc) is 2.62. The van der Waals surface area contributed by atoms with Gasteiger partial charge in [0.1, 0.15) is 11.5 Å². The number of hydrogen-bond acceptors (Lipinski definition) is 5. The summed E-state index contributed by atoms with van der Waals surface area (Å²) in [7, 11) is 0. The topological polar surface area (TPSA) is 92.7 Å². The van der Waals surface area contributed by atoms with E-state index in [1.54, 1.807) is 18.2 Å². The van der Waals surface area contributed by atoms with Gasteiger partial charge >= 0.3 is 0 Å². The molecule has 1 saturated heterocycles. The van der Waals surface area contributed by atoms with E-state index in [4.69, 9.17) is 5.73 Å². The van der Waals surface area contributed by atoms with Crippen LogP contribution in [0.25, 0.3) is 0 Å². The molecule has 0 aromatic heterocycles. The molecule has 25 heavy (non-hydrogen) atoms. The van der Waals surface area contributed by atoms with Gasteiger partial charge in [-0.25, -0.2) is 4.39 Å². The van der Waals surface area contributed by atoms with Crippen LogP contribution in [-0.4, -0.2) is 37.0 Å². The first kappa shape index (κ1) is 16.7. The number of hydrogen-bond donors (Lipinski definition) is 1. The third-order valence-corrected chi connectivity index (χ3v) is 4.27. The standard InChI is InChI=1S/C17H17FN4O3/c18-13-2-4-14(5-3-13)20-7-9-21(10-8-20)15-6-1-12(17(19)23)11-16(15)22(24)25/h1-6,11H,7-10H2,(H2,19,23). The highest BCUT2D eigenvalue weighted by Gasteiger charge is 2.25. The summed E-state index contributed by atoms with van der Waals surface area (Å²) in [6, 6.07) is 10.5. The van der Waals surface area contributed by atoms with Gasteiger partial charge in [-0.1, -0.05) is 0 Å². The number of primary amides is 1. The largest absolute Gasteiger partial charge is 0.368 e. The Morgan fingerprint density at radius 1 is 1.04 bits per heavy atom. The monoisotopic (exact) mass is 344 g/mol. The minimum atomic E-state index is -0.698. The Morgan fingerprint density at radius 3 is 2.20 bits per heavy atom. The lowest BCUT2D eigenvalue weighted by atomic mass is 10.1. The molecule has 0 spiro atoms. The highest BCUT2D eigenvalue weighted by Crippen LogP contribution is 2.30. The third kappa shape index (κ3) is 3.52. The Kier molecular flexibility index (Phi) is 4.51. The molecule has 8 heteroatoms. The molecule has 2 aromatic carbocycles. The van der Waals surface area contributed by atoms with Gasteiger partial charge in [0.05, 0.1) is 4.92 Å². The predicted molar refractivity (Wildman–Crippen MR) is 92.4 cm³/mol. The number of halogens is 1. The number of nitrogens with zero attached hydrogens (tertiary/aromatic N) is 3.